The Morgan fingerprint density at radius 2 is 2.15 bits per heavy atom. The molecule has 0 spiro atoms. The molecular formula is C19H33N5OS. The van der Waals surface area contributed by atoms with Crippen LogP contribution in [0.4, 0.5) is 0 Å². The molecule has 7 heteroatoms. The molecule has 2 atom stereocenters. The van der Waals surface area contributed by atoms with Gasteiger partial charge in [-0.1, -0.05) is 6.07 Å². The van der Waals surface area contributed by atoms with Crippen LogP contribution in [0.1, 0.15) is 23.8 Å². The molecule has 6 nitrogen and oxygen atoms in total. The highest BCUT2D eigenvalue weighted by Gasteiger charge is 2.31. The molecule has 146 valence electrons. The number of guanidine groups is 1. The van der Waals surface area contributed by atoms with Gasteiger partial charge in [0.05, 0.1) is 13.2 Å². The summed E-state index contributed by atoms with van der Waals surface area (Å²) in [7, 11) is 4.11. The lowest BCUT2D eigenvalue weighted by atomic mass is 9.88. The van der Waals surface area contributed by atoms with E-state index in [1.807, 2.05) is 18.4 Å². The number of hydrogen-bond donors (Lipinski definition) is 2. The third kappa shape index (κ3) is 5.42. The Hall–Kier alpha value is -1.15. The van der Waals surface area contributed by atoms with Gasteiger partial charge in [0.25, 0.3) is 0 Å². The van der Waals surface area contributed by atoms with Crippen LogP contribution in [0.5, 0.6) is 0 Å². The summed E-state index contributed by atoms with van der Waals surface area (Å²) in [6.07, 6.45) is 2.54. The van der Waals surface area contributed by atoms with Crippen molar-refractivity contribution in [2.24, 2.45) is 10.9 Å². The van der Waals surface area contributed by atoms with E-state index in [-0.39, 0.29) is 0 Å². The molecule has 2 unspecified atom stereocenters. The number of likely N-dealkylation sites (tertiary alicyclic amines) is 1. The highest BCUT2D eigenvalue weighted by atomic mass is 32.1. The first-order valence-corrected chi connectivity index (χ1v) is 10.6. The zero-order valence-corrected chi connectivity index (χ0v) is 16.9. The van der Waals surface area contributed by atoms with Crippen LogP contribution in [0.15, 0.2) is 22.5 Å². The third-order valence-corrected chi connectivity index (χ3v) is 6.36. The molecule has 0 bridgehead atoms. The maximum Gasteiger partial charge on any atom is 0.191 e. The molecule has 2 aliphatic heterocycles. The Morgan fingerprint density at radius 3 is 2.88 bits per heavy atom. The summed E-state index contributed by atoms with van der Waals surface area (Å²) >= 11 is 1.88. The van der Waals surface area contributed by atoms with Gasteiger partial charge in [-0.25, -0.2) is 0 Å². The van der Waals surface area contributed by atoms with Crippen LogP contribution in [0.3, 0.4) is 0 Å². The van der Waals surface area contributed by atoms with E-state index in [1.54, 1.807) is 0 Å². The normalized spacial score (nSPS) is 26.0. The molecule has 1 aromatic rings. The third-order valence-electron chi connectivity index (χ3n) is 5.42. The van der Waals surface area contributed by atoms with E-state index in [1.165, 1.54) is 24.3 Å². The van der Waals surface area contributed by atoms with E-state index < -0.39 is 0 Å². The average molecular weight is 380 g/mol. The van der Waals surface area contributed by atoms with E-state index in [2.05, 4.69) is 50.0 Å². The van der Waals surface area contributed by atoms with Crippen LogP contribution >= 0.6 is 11.3 Å². The van der Waals surface area contributed by atoms with Crippen molar-refractivity contribution >= 4 is 17.3 Å². The fourth-order valence-electron chi connectivity index (χ4n) is 3.99. The van der Waals surface area contributed by atoms with Crippen molar-refractivity contribution in [3.8, 4) is 0 Å². The largest absolute Gasteiger partial charge is 0.379 e. The molecule has 26 heavy (non-hydrogen) atoms. The topological polar surface area (TPSA) is 52.1 Å². The number of hydrogen-bond acceptors (Lipinski definition) is 5. The minimum Gasteiger partial charge on any atom is -0.379 e. The number of piperidine rings is 1. The first-order chi connectivity index (χ1) is 12.8. The van der Waals surface area contributed by atoms with Crippen molar-refractivity contribution in [2.45, 2.75) is 18.9 Å². The summed E-state index contributed by atoms with van der Waals surface area (Å²) < 4.78 is 5.40. The number of morpholine rings is 1. The number of nitrogens with one attached hydrogen (secondary N) is 2. The predicted molar refractivity (Wildman–Crippen MR) is 109 cm³/mol. The number of ether oxygens (including phenoxy) is 1. The molecule has 0 amide bonds. The van der Waals surface area contributed by atoms with Crippen LogP contribution in [0.25, 0.3) is 0 Å². The summed E-state index contributed by atoms with van der Waals surface area (Å²) in [5, 5.41) is 9.21. The monoisotopic (exact) mass is 379 g/mol. The Kier molecular flexibility index (Phi) is 7.73. The summed E-state index contributed by atoms with van der Waals surface area (Å²) in [6.45, 7) is 7.87. The van der Waals surface area contributed by atoms with Crippen molar-refractivity contribution in [3.05, 3.63) is 22.4 Å². The lowest BCUT2D eigenvalue weighted by Gasteiger charge is -2.39. The van der Waals surface area contributed by atoms with E-state index in [0.717, 1.165) is 51.9 Å². The highest BCUT2D eigenvalue weighted by Crippen LogP contribution is 2.36. The van der Waals surface area contributed by atoms with Gasteiger partial charge in [0.2, 0.25) is 0 Å². The summed E-state index contributed by atoms with van der Waals surface area (Å²) in [5.74, 6) is 1.53. The molecule has 2 fully saturated rings. The molecule has 0 saturated carbocycles. The van der Waals surface area contributed by atoms with E-state index in [9.17, 15) is 0 Å². The van der Waals surface area contributed by atoms with Crippen molar-refractivity contribution in [2.75, 3.05) is 66.6 Å². The molecule has 0 aromatic carbocycles. The molecular weight excluding hydrogens is 346 g/mol. The minimum atomic E-state index is 0.516. The standard InChI is InChI=1S/C19H33N5OS/c1-20-19(21-7-9-24-10-12-25-13-11-24)22-15-16-5-3-8-23(2)18(16)17-6-4-14-26-17/h4,6,14,16,18H,3,5,7-13,15H2,1-2H3,(H2,20,21,22). The predicted octanol–water partition coefficient (Wildman–Crippen LogP) is 1.63. The van der Waals surface area contributed by atoms with Crippen molar-refractivity contribution in [1.29, 1.82) is 0 Å². The van der Waals surface area contributed by atoms with Crippen molar-refractivity contribution in [3.63, 3.8) is 0 Å². The van der Waals surface area contributed by atoms with Crippen LogP contribution < -0.4 is 10.6 Å². The molecule has 3 heterocycles. The maximum atomic E-state index is 5.40. The summed E-state index contributed by atoms with van der Waals surface area (Å²) in [5.41, 5.74) is 0. The average Bonchev–Trinajstić information content (AvgIpc) is 3.19. The lowest BCUT2D eigenvalue weighted by Crippen LogP contribution is -2.47. The SMILES string of the molecule is CN=C(NCCN1CCOCC1)NCC1CCCN(C)C1c1cccs1. The Balaban J connectivity index is 1.45. The van der Waals surface area contributed by atoms with Gasteiger partial charge in [0.15, 0.2) is 5.96 Å². The van der Waals surface area contributed by atoms with Gasteiger partial charge in [0, 0.05) is 50.7 Å². The first-order valence-electron chi connectivity index (χ1n) is 9.76. The van der Waals surface area contributed by atoms with Gasteiger partial charge in [-0.15, -0.1) is 11.3 Å². The summed E-state index contributed by atoms with van der Waals surface area (Å²) in [6, 6.07) is 4.96. The van der Waals surface area contributed by atoms with Crippen LogP contribution in [0.2, 0.25) is 0 Å². The molecule has 2 N–H and O–H groups in total. The number of aliphatic imine (C=N–C) groups is 1. The van der Waals surface area contributed by atoms with Gasteiger partial charge in [-0.05, 0) is 43.8 Å². The molecule has 0 radical (unpaired) electrons. The van der Waals surface area contributed by atoms with E-state index in [0.29, 0.717) is 12.0 Å². The van der Waals surface area contributed by atoms with Gasteiger partial charge in [0.1, 0.15) is 0 Å². The molecule has 2 saturated heterocycles. The van der Waals surface area contributed by atoms with Crippen LogP contribution in [-0.2, 0) is 4.74 Å². The van der Waals surface area contributed by atoms with Gasteiger partial charge in [-0.2, -0.15) is 0 Å². The second-order valence-corrected chi connectivity index (χ2v) is 8.16. The number of nitrogens with zero attached hydrogens (tertiary/aromatic N) is 3. The zero-order valence-electron chi connectivity index (χ0n) is 16.1. The lowest BCUT2D eigenvalue weighted by molar-refractivity contribution is 0.0389. The Bertz CT molecular complexity index is 544. The zero-order chi connectivity index (χ0) is 18.2. The summed E-state index contributed by atoms with van der Waals surface area (Å²) in [4.78, 5) is 10.8. The molecule has 0 aliphatic carbocycles. The minimum absolute atomic E-state index is 0.516. The number of rotatable bonds is 6. The quantitative estimate of drug-likeness (QED) is 0.581. The molecule has 3 rings (SSSR count). The smallest absolute Gasteiger partial charge is 0.191 e. The maximum absolute atomic E-state index is 5.40. The van der Waals surface area contributed by atoms with E-state index in [4.69, 9.17) is 4.74 Å². The van der Waals surface area contributed by atoms with Gasteiger partial charge >= 0.3 is 0 Å². The van der Waals surface area contributed by atoms with Gasteiger partial charge < -0.3 is 15.4 Å². The van der Waals surface area contributed by atoms with Crippen molar-refractivity contribution in [1.82, 2.24) is 20.4 Å². The van der Waals surface area contributed by atoms with Gasteiger partial charge in [-0.3, -0.25) is 14.8 Å². The van der Waals surface area contributed by atoms with Crippen molar-refractivity contribution < 1.29 is 4.74 Å². The highest BCUT2D eigenvalue weighted by molar-refractivity contribution is 7.10. The van der Waals surface area contributed by atoms with Crippen LogP contribution in [0, 0.1) is 5.92 Å². The fraction of sp³-hybridized carbons (Fsp3) is 0.737. The van der Waals surface area contributed by atoms with Crippen LogP contribution in [-0.4, -0.2) is 82.3 Å². The Morgan fingerprint density at radius 1 is 1.31 bits per heavy atom. The number of thiophene rings is 1. The fourth-order valence-corrected chi connectivity index (χ4v) is 4.97. The molecule has 1 aromatic heterocycles. The Labute approximate surface area is 161 Å². The first kappa shape index (κ1) is 19.6. The second kappa shape index (κ2) is 10.3. The second-order valence-electron chi connectivity index (χ2n) is 7.18. The molecule has 2 aliphatic rings. The van der Waals surface area contributed by atoms with E-state index >= 15 is 0 Å².